The summed E-state index contributed by atoms with van der Waals surface area (Å²) in [5.41, 5.74) is 0. The maximum atomic E-state index is 10.7. The number of ether oxygens (including phenoxy) is 5. The second-order valence-electron chi connectivity index (χ2n) is 3.46. The third kappa shape index (κ3) is 15.5. The van der Waals surface area contributed by atoms with Gasteiger partial charge in [0.2, 0.25) is 0 Å². The minimum Gasteiger partial charge on any atom is -0.469 e. The van der Waals surface area contributed by atoms with Gasteiger partial charge in [-0.1, -0.05) is 0 Å². The van der Waals surface area contributed by atoms with E-state index in [1.807, 2.05) is 0 Å². The fraction of sp³-hybridized carbons (Fsp3) is 0.917. The summed E-state index contributed by atoms with van der Waals surface area (Å²) >= 11 is 5.44. The summed E-state index contributed by atoms with van der Waals surface area (Å²) in [4.78, 5) is 10.7. The predicted molar refractivity (Wildman–Crippen MR) is 70.6 cm³/mol. The Labute approximate surface area is 119 Å². The van der Waals surface area contributed by atoms with Gasteiger partial charge < -0.3 is 23.7 Å². The second kappa shape index (κ2) is 15.7. The highest BCUT2D eigenvalue weighted by Crippen LogP contribution is 1.87. The first-order valence-corrected chi connectivity index (χ1v) is 6.78. The van der Waals surface area contributed by atoms with E-state index < -0.39 is 0 Å². The minimum atomic E-state index is -0.272. The molecule has 6 nitrogen and oxygen atoms in total. The van der Waals surface area contributed by atoms with Gasteiger partial charge in [0.1, 0.15) is 0 Å². The predicted octanol–water partition coefficient (Wildman–Crippen LogP) is 0.855. The third-order valence-electron chi connectivity index (χ3n) is 2.02. The normalized spacial score (nSPS) is 10.6. The molecular weight excluding hydrogens is 276 g/mol. The topological polar surface area (TPSA) is 63.2 Å². The van der Waals surface area contributed by atoms with Crippen LogP contribution in [0.3, 0.4) is 0 Å². The minimum absolute atomic E-state index is 0.266. The molecule has 0 saturated carbocycles. The summed E-state index contributed by atoms with van der Waals surface area (Å²) in [5.74, 6) is 0.227. The third-order valence-corrected chi connectivity index (χ3v) is 2.17. The first-order valence-electron chi connectivity index (χ1n) is 6.25. The van der Waals surface area contributed by atoms with Crippen LogP contribution in [-0.2, 0) is 28.5 Å². The second-order valence-corrected chi connectivity index (χ2v) is 3.84. The standard InChI is InChI=1S/C12H23ClO6/c1-15-12(14)2-4-16-6-8-18-10-11-19-9-7-17-5-3-13/h2-11H2,1H3. The molecule has 0 unspecified atom stereocenters. The molecule has 0 aromatic carbocycles. The van der Waals surface area contributed by atoms with Crippen molar-refractivity contribution in [3.05, 3.63) is 0 Å². The number of hydrogen-bond acceptors (Lipinski definition) is 6. The largest absolute Gasteiger partial charge is 0.469 e. The van der Waals surface area contributed by atoms with Crippen molar-refractivity contribution in [3.63, 3.8) is 0 Å². The number of carbonyl (C=O) groups excluding carboxylic acids is 1. The van der Waals surface area contributed by atoms with E-state index in [0.717, 1.165) is 0 Å². The van der Waals surface area contributed by atoms with E-state index >= 15 is 0 Å². The van der Waals surface area contributed by atoms with Crippen molar-refractivity contribution in [1.82, 2.24) is 0 Å². The zero-order valence-electron chi connectivity index (χ0n) is 11.4. The quantitative estimate of drug-likeness (QED) is 0.269. The van der Waals surface area contributed by atoms with Crippen LogP contribution in [0.4, 0.5) is 0 Å². The summed E-state index contributed by atoms with van der Waals surface area (Å²) < 4.78 is 25.3. The van der Waals surface area contributed by atoms with Gasteiger partial charge >= 0.3 is 5.97 Å². The number of carbonyl (C=O) groups is 1. The van der Waals surface area contributed by atoms with Crippen LogP contribution < -0.4 is 0 Å². The maximum Gasteiger partial charge on any atom is 0.307 e. The molecule has 7 heteroatoms. The molecule has 0 spiro atoms. The molecular formula is C12H23ClO6. The zero-order valence-corrected chi connectivity index (χ0v) is 12.2. The maximum absolute atomic E-state index is 10.7. The highest BCUT2D eigenvalue weighted by atomic mass is 35.5. The lowest BCUT2D eigenvalue weighted by Gasteiger charge is -2.06. The van der Waals surface area contributed by atoms with Crippen molar-refractivity contribution in [2.75, 3.05) is 65.8 Å². The Kier molecular flexibility index (Phi) is 15.3. The van der Waals surface area contributed by atoms with Crippen LogP contribution in [0.5, 0.6) is 0 Å². The summed E-state index contributed by atoms with van der Waals surface area (Å²) in [6.45, 7) is 3.94. The molecule has 0 aromatic heterocycles. The van der Waals surface area contributed by atoms with Gasteiger partial charge in [-0.05, 0) is 0 Å². The molecule has 0 radical (unpaired) electrons. The Morgan fingerprint density at radius 1 is 0.789 bits per heavy atom. The molecule has 0 atom stereocenters. The fourth-order valence-corrected chi connectivity index (χ4v) is 1.18. The number of alkyl halides is 1. The zero-order chi connectivity index (χ0) is 14.2. The van der Waals surface area contributed by atoms with Crippen LogP contribution in [0.25, 0.3) is 0 Å². The summed E-state index contributed by atoms with van der Waals surface area (Å²) in [5, 5.41) is 0. The monoisotopic (exact) mass is 298 g/mol. The summed E-state index contributed by atoms with van der Waals surface area (Å²) in [6, 6.07) is 0. The fourth-order valence-electron chi connectivity index (χ4n) is 1.07. The van der Waals surface area contributed by atoms with E-state index in [4.69, 9.17) is 30.5 Å². The molecule has 0 rings (SSSR count). The van der Waals surface area contributed by atoms with Crippen LogP contribution in [-0.4, -0.2) is 71.8 Å². The molecule has 0 heterocycles. The SMILES string of the molecule is COC(=O)CCOCCOCCOCCOCCCl. The molecule has 0 aliphatic carbocycles. The number of methoxy groups -OCH3 is 1. The van der Waals surface area contributed by atoms with Crippen molar-refractivity contribution < 1.29 is 28.5 Å². The van der Waals surface area contributed by atoms with Crippen LogP contribution in [0.2, 0.25) is 0 Å². The highest BCUT2D eigenvalue weighted by molar-refractivity contribution is 6.17. The van der Waals surface area contributed by atoms with Gasteiger partial charge in [0.25, 0.3) is 0 Å². The Morgan fingerprint density at radius 3 is 1.63 bits per heavy atom. The molecule has 0 aliphatic heterocycles. The van der Waals surface area contributed by atoms with Crippen LogP contribution in [0.15, 0.2) is 0 Å². The van der Waals surface area contributed by atoms with Gasteiger partial charge in [-0.2, -0.15) is 0 Å². The van der Waals surface area contributed by atoms with Gasteiger partial charge in [0, 0.05) is 5.88 Å². The molecule has 0 fully saturated rings. The molecule has 19 heavy (non-hydrogen) atoms. The average Bonchev–Trinajstić information content (AvgIpc) is 2.43. The average molecular weight is 299 g/mol. The number of esters is 1. The smallest absolute Gasteiger partial charge is 0.307 e. The van der Waals surface area contributed by atoms with E-state index in [1.54, 1.807) is 0 Å². The first kappa shape index (κ1) is 18.6. The first-order chi connectivity index (χ1) is 9.31. The van der Waals surface area contributed by atoms with Crippen molar-refractivity contribution in [3.8, 4) is 0 Å². The van der Waals surface area contributed by atoms with Gasteiger partial charge in [-0.25, -0.2) is 0 Å². The number of rotatable bonds is 14. The van der Waals surface area contributed by atoms with Crippen molar-refractivity contribution in [2.45, 2.75) is 6.42 Å². The molecule has 0 aliphatic rings. The lowest BCUT2D eigenvalue weighted by molar-refractivity contribution is -0.141. The van der Waals surface area contributed by atoms with Gasteiger partial charge in [0.05, 0.1) is 66.4 Å². The van der Waals surface area contributed by atoms with E-state index in [1.165, 1.54) is 7.11 Å². The Morgan fingerprint density at radius 2 is 1.21 bits per heavy atom. The molecule has 0 saturated heterocycles. The molecule has 114 valence electrons. The van der Waals surface area contributed by atoms with Crippen LogP contribution >= 0.6 is 11.6 Å². The van der Waals surface area contributed by atoms with Crippen molar-refractivity contribution in [1.29, 1.82) is 0 Å². The Balaban J connectivity index is 2.97. The van der Waals surface area contributed by atoms with Gasteiger partial charge in [-0.15, -0.1) is 11.6 Å². The summed E-state index contributed by atoms with van der Waals surface area (Å²) in [6.07, 6.45) is 0.266. The van der Waals surface area contributed by atoms with E-state index in [2.05, 4.69) is 4.74 Å². The van der Waals surface area contributed by atoms with Crippen LogP contribution in [0.1, 0.15) is 6.42 Å². The highest BCUT2D eigenvalue weighted by Gasteiger charge is 1.98. The Bertz CT molecular complexity index is 203. The molecule has 0 N–H and O–H groups in total. The summed E-state index contributed by atoms with van der Waals surface area (Å²) in [7, 11) is 1.35. The number of halogens is 1. The molecule has 0 aromatic rings. The van der Waals surface area contributed by atoms with Gasteiger partial charge in [0.15, 0.2) is 0 Å². The van der Waals surface area contributed by atoms with E-state index in [9.17, 15) is 4.79 Å². The Hall–Kier alpha value is -0.400. The van der Waals surface area contributed by atoms with E-state index in [-0.39, 0.29) is 12.4 Å². The van der Waals surface area contributed by atoms with Crippen molar-refractivity contribution in [2.24, 2.45) is 0 Å². The van der Waals surface area contributed by atoms with Crippen LogP contribution in [0, 0.1) is 0 Å². The van der Waals surface area contributed by atoms with E-state index in [0.29, 0.717) is 58.7 Å². The molecule has 0 bridgehead atoms. The van der Waals surface area contributed by atoms with Gasteiger partial charge in [-0.3, -0.25) is 4.79 Å². The molecule has 0 amide bonds. The lowest BCUT2D eigenvalue weighted by Crippen LogP contribution is -2.13. The lowest BCUT2D eigenvalue weighted by atomic mass is 10.5. The van der Waals surface area contributed by atoms with Crippen molar-refractivity contribution >= 4 is 17.6 Å². The number of hydrogen-bond donors (Lipinski definition) is 0.